The zero-order chi connectivity index (χ0) is 22.4. The van der Waals surface area contributed by atoms with Crippen LogP contribution >= 0.6 is 0 Å². The summed E-state index contributed by atoms with van der Waals surface area (Å²) in [6, 6.07) is 12.0. The van der Waals surface area contributed by atoms with Crippen molar-refractivity contribution in [3.05, 3.63) is 83.2 Å². The SMILES string of the molecule is Cc1cc(-n2ccc(C)n2)nc(C(C)(C)c2cccc(-n3ccc(C(F)(F)F)n3)n2)c1. The second-order valence-corrected chi connectivity index (χ2v) is 7.94. The van der Waals surface area contributed by atoms with Gasteiger partial charge in [-0.3, -0.25) is 0 Å². The molecule has 0 atom stereocenters. The molecular formula is C22H21F3N6. The lowest BCUT2D eigenvalue weighted by Gasteiger charge is -2.25. The minimum absolute atomic E-state index is 0.302. The fourth-order valence-electron chi connectivity index (χ4n) is 3.26. The first-order chi connectivity index (χ1) is 14.5. The van der Waals surface area contributed by atoms with Gasteiger partial charge in [0.1, 0.15) is 0 Å². The molecule has 0 spiro atoms. The molecule has 4 rings (SSSR count). The quantitative estimate of drug-likeness (QED) is 0.470. The topological polar surface area (TPSA) is 61.4 Å². The Hall–Kier alpha value is -3.49. The van der Waals surface area contributed by atoms with Crippen molar-refractivity contribution < 1.29 is 13.2 Å². The average molecular weight is 426 g/mol. The van der Waals surface area contributed by atoms with E-state index in [0.717, 1.165) is 27.7 Å². The van der Waals surface area contributed by atoms with E-state index in [1.165, 1.54) is 6.20 Å². The Labute approximate surface area is 177 Å². The van der Waals surface area contributed by atoms with Crippen molar-refractivity contribution in [3.8, 4) is 11.6 Å². The van der Waals surface area contributed by atoms with E-state index in [9.17, 15) is 13.2 Å². The molecule has 0 unspecified atom stereocenters. The standard InChI is InChI=1S/C22H21F3N6/c1-14-12-18(27-20(13-14)31-10-8-15(2)28-31)21(3,4)16-6-5-7-19(26-16)30-11-9-17(29-30)22(23,24)25/h5-13H,1-4H3. The van der Waals surface area contributed by atoms with Gasteiger partial charge >= 0.3 is 6.18 Å². The zero-order valence-electron chi connectivity index (χ0n) is 17.5. The first kappa shape index (κ1) is 20.8. The second kappa shape index (κ2) is 7.33. The minimum atomic E-state index is -4.51. The molecule has 0 saturated carbocycles. The molecule has 0 aromatic carbocycles. The predicted molar refractivity (Wildman–Crippen MR) is 109 cm³/mol. The van der Waals surface area contributed by atoms with Gasteiger partial charge in [-0.15, -0.1) is 0 Å². The molecule has 0 saturated heterocycles. The van der Waals surface area contributed by atoms with Crippen molar-refractivity contribution in [1.82, 2.24) is 29.5 Å². The smallest absolute Gasteiger partial charge is 0.233 e. The number of aromatic nitrogens is 6. The predicted octanol–water partition coefficient (Wildman–Crippen LogP) is 4.81. The fourth-order valence-corrected chi connectivity index (χ4v) is 3.26. The van der Waals surface area contributed by atoms with Crippen molar-refractivity contribution in [3.63, 3.8) is 0 Å². The molecule has 0 radical (unpaired) electrons. The first-order valence-corrected chi connectivity index (χ1v) is 9.66. The van der Waals surface area contributed by atoms with Crippen LogP contribution in [0.2, 0.25) is 0 Å². The summed E-state index contributed by atoms with van der Waals surface area (Å²) in [6.07, 6.45) is -1.40. The van der Waals surface area contributed by atoms with Crippen molar-refractivity contribution in [1.29, 1.82) is 0 Å². The van der Waals surface area contributed by atoms with E-state index in [2.05, 4.69) is 15.2 Å². The van der Waals surface area contributed by atoms with Gasteiger partial charge in [0.15, 0.2) is 17.3 Å². The van der Waals surface area contributed by atoms with Crippen LogP contribution in [0.3, 0.4) is 0 Å². The summed E-state index contributed by atoms with van der Waals surface area (Å²) in [4.78, 5) is 9.39. The Morgan fingerprint density at radius 2 is 1.42 bits per heavy atom. The Balaban J connectivity index is 1.74. The Bertz CT molecular complexity index is 1240. The third-order valence-electron chi connectivity index (χ3n) is 5.04. The summed E-state index contributed by atoms with van der Waals surface area (Å²) in [7, 11) is 0. The molecule has 6 nitrogen and oxygen atoms in total. The monoisotopic (exact) mass is 426 g/mol. The highest BCUT2D eigenvalue weighted by molar-refractivity contribution is 5.38. The maximum absolute atomic E-state index is 12.9. The highest BCUT2D eigenvalue weighted by Crippen LogP contribution is 2.31. The number of alkyl halides is 3. The van der Waals surface area contributed by atoms with Crippen LogP contribution in [0, 0.1) is 13.8 Å². The van der Waals surface area contributed by atoms with Gasteiger partial charge in [-0.25, -0.2) is 19.3 Å². The molecule has 0 bridgehead atoms. The number of aryl methyl sites for hydroxylation is 2. The van der Waals surface area contributed by atoms with Gasteiger partial charge in [-0.2, -0.15) is 23.4 Å². The van der Waals surface area contributed by atoms with Crippen molar-refractivity contribution >= 4 is 0 Å². The van der Waals surface area contributed by atoms with Crippen LogP contribution in [0.25, 0.3) is 11.6 Å². The molecule has 160 valence electrons. The molecule has 0 fully saturated rings. The number of halogens is 3. The highest BCUT2D eigenvalue weighted by Gasteiger charge is 2.34. The Morgan fingerprint density at radius 1 is 0.742 bits per heavy atom. The summed E-state index contributed by atoms with van der Waals surface area (Å²) in [5, 5.41) is 8.05. The minimum Gasteiger partial charge on any atom is -0.233 e. The van der Waals surface area contributed by atoms with Crippen LogP contribution in [0.4, 0.5) is 13.2 Å². The van der Waals surface area contributed by atoms with Crippen LogP contribution in [0.1, 0.15) is 42.2 Å². The normalized spacial score (nSPS) is 12.4. The number of rotatable bonds is 4. The molecule has 4 aromatic rings. The number of hydrogen-bond acceptors (Lipinski definition) is 4. The molecule has 0 aliphatic rings. The number of hydrogen-bond donors (Lipinski definition) is 0. The van der Waals surface area contributed by atoms with Crippen molar-refractivity contribution in [2.24, 2.45) is 0 Å². The third-order valence-corrected chi connectivity index (χ3v) is 5.04. The first-order valence-electron chi connectivity index (χ1n) is 9.66. The number of pyridine rings is 2. The molecule has 0 amide bonds. The largest absolute Gasteiger partial charge is 0.435 e. The molecule has 4 aromatic heterocycles. The van der Waals surface area contributed by atoms with E-state index in [-0.39, 0.29) is 0 Å². The van der Waals surface area contributed by atoms with Crippen LogP contribution in [0.5, 0.6) is 0 Å². The summed E-state index contributed by atoms with van der Waals surface area (Å²) >= 11 is 0. The summed E-state index contributed by atoms with van der Waals surface area (Å²) in [6.45, 7) is 7.84. The van der Waals surface area contributed by atoms with Crippen molar-refractivity contribution in [2.45, 2.75) is 39.3 Å². The van der Waals surface area contributed by atoms with Gasteiger partial charge in [-0.05, 0) is 69.7 Å². The lowest BCUT2D eigenvalue weighted by atomic mass is 9.84. The van der Waals surface area contributed by atoms with Gasteiger partial charge in [0.25, 0.3) is 0 Å². The third kappa shape index (κ3) is 4.08. The maximum Gasteiger partial charge on any atom is 0.435 e. The van der Waals surface area contributed by atoms with E-state index >= 15 is 0 Å². The van der Waals surface area contributed by atoms with Gasteiger partial charge in [-0.1, -0.05) is 6.07 Å². The van der Waals surface area contributed by atoms with E-state index in [1.54, 1.807) is 16.8 Å². The van der Waals surface area contributed by atoms with Crippen LogP contribution in [-0.2, 0) is 11.6 Å². The molecule has 0 N–H and O–H groups in total. The van der Waals surface area contributed by atoms with Gasteiger partial charge < -0.3 is 0 Å². The molecular weight excluding hydrogens is 405 g/mol. The van der Waals surface area contributed by atoms with E-state index in [0.29, 0.717) is 17.3 Å². The van der Waals surface area contributed by atoms with Crippen LogP contribution in [0.15, 0.2) is 54.9 Å². The highest BCUT2D eigenvalue weighted by atomic mass is 19.4. The summed E-state index contributed by atoms with van der Waals surface area (Å²) in [5.74, 6) is 0.992. The molecule has 0 aliphatic heterocycles. The summed E-state index contributed by atoms with van der Waals surface area (Å²) < 4.78 is 41.6. The van der Waals surface area contributed by atoms with E-state index < -0.39 is 17.3 Å². The molecule has 31 heavy (non-hydrogen) atoms. The molecule has 9 heteroatoms. The van der Waals surface area contributed by atoms with Crippen LogP contribution < -0.4 is 0 Å². The average Bonchev–Trinajstić information content (AvgIpc) is 3.37. The van der Waals surface area contributed by atoms with Crippen molar-refractivity contribution in [2.75, 3.05) is 0 Å². The van der Waals surface area contributed by atoms with Crippen LogP contribution in [-0.4, -0.2) is 29.5 Å². The van der Waals surface area contributed by atoms with E-state index in [4.69, 9.17) is 4.98 Å². The van der Waals surface area contributed by atoms with Gasteiger partial charge in [0.2, 0.25) is 0 Å². The van der Waals surface area contributed by atoms with Gasteiger partial charge in [0.05, 0.1) is 17.1 Å². The van der Waals surface area contributed by atoms with Gasteiger partial charge in [0, 0.05) is 17.8 Å². The maximum atomic E-state index is 12.9. The fraction of sp³-hybridized carbons (Fsp3) is 0.273. The van der Waals surface area contributed by atoms with E-state index in [1.807, 2.05) is 58.2 Å². The molecule has 4 heterocycles. The zero-order valence-corrected chi connectivity index (χ0v) is 17.5. The second-order valence-electron chi connectivity index (χ2n) is 7.94. The molecule has 0 aliphatic carbocycles. The Kier molecular flexibility index (Phi) is 4.91. The Morgan fingerprint density at radius 3 is 2.06 bits per heavy atom. The number of nitrogens with zero attached hydrogens (tertiary/aromatic N) is 6. The lowest BCUT2D eigenvalue weighted by Crippen LogP contribution is -2.24. The summed E-state index contributed by atoms with van der Waals surface area (Å²) in [5.41, 5.74) is 1.76. The lowest BCUT2D eigenvalue weighted by molar-refractivity contribution is -0.141.